The van der Waals surface area contributed by atoms with Crippen LogP contribution in [0.3, 0.4) is 0 Å². The van der Waals surface area contributed by atoms with Gasteiger partial charge in [-0.1, -0.05) is 48.0 Å². The van der Waals surface area contributed by atoms with Crippen molar-refractivity contribution in [3.8, 4) is 5.88 Å². The molecule has 5 heteroatoms. The van der Waals surface area contributed by atoms with E-state index >= 15 is 0 Å². The van der Waals surface area contributed by atoms with Gasteiger partial charge in [0.1, 0.15) is 5.82 Å². The topological polar surface area (TPSA) is 48.4 Å². The second-order valence-electron chi connectivity index (χ2n) is 5.84. The van der Waals surface area contributed by atoms with Gasteiger partial charge in [0.15, 0.2) is 5.88 Å². The predicted molar refractivity (Wildman–Crippen MR) is 103 cm³/mol. The largest absolute Gasteiger partial charge is 0.494 e. The fourth-order valence-corrected chi connectivity index (χ4v) is 3.07. The molecule has 1 heterocycles. The molecule has 26 heavy (non-hydrogen) atoms. The molecule has 0 saturated heterocycles. The zero-order valence-corrected chi connectivity index (χ0v) is 14.3. The van der Waals surface area contributed by atoms with Crippen LogP contribution in [0.4, 0.5) is 10.1 Å². The Morgan fingerprint density at radius 1 is 0.962 bits per heavy atom. The molecule has 0 bridgehead atoms. The van der Waals surface area contributed by atoms with Crippen LogP contribution in [0.15, 0.2) is 77.8 Å². The molecule has 0 spiro atoms. The molecule has 0 radical (unpaired) electrons. The average Bonchev–Trinajstić information content (AvgIpc) is 2.97. The first-order valence-corrected chi connectivity index (χ1v) is 8.40. The highest BCUT2D eigenvalue weighted by Crippen LogP contribution is 2.32. The van der Waals surface area contributed by atoms with Gasteiger partial charge in [0, 0.05) is 16.0 Å². The summed E-state index contributed by atoms with van der Waals surface area (Å²) in [6, 6.07) is 20.8. The summed E-state index contributed by atoms with van der Waals surface area (Å²) < 4.78 is 13.2. The Balaban J connectivity index is 1.97. The second kappa shape index (κ2) is 6.65. The van der Waals surface area contributed by atoms with Crippen LogP contribution in [0.1, 0.15) is 11.1 Å². The molecule has 0 aliphatic heterocycles. The number of nitrogens with one attached hydrogen (secondary N) is 1. The molecule has 4 aromatic rings. The van der Waals surface area contributed by atoms with Crippen molar-refractivity contribution in [3.05, 3.63) is 94.8 Å². The van der Waals surface area contributed by atoms with E-state index in [-0.39, 0.29) is 11.7 Å². The van der Waals surface area contributed by atoms with Crippen molar-refractivity contribution >= 4 is 33.9 Å². The SMILES string of the molecule is Oc1[nH]c2cc(Cl)ccc2c1C(=Nc1ccc(F)cc1)c1ccccc1. The number of hydrogen-bond donors (Lipinski definition) is 2. The van der Waals surface area contributed by atoms with Crippen LogP contribution < -0.4 is 0 Å². The van der Waals surface area contributed by atoms with Crippen molar-refractivity contribution in [1.29, 1.82) is 0 Å². The molecule has 2 N–H and O–H groups in total. The number of aliphatic imine (C=N–C) groups is 1. The molecule has 0 aliphatic rings. The lowest BCUT2D eigenvalue weighted by Crippen LogP contribution is -2.02. The smallest absolute Gasteiger partial charge is 0.199 e. The van der Waals surface area contributed by atoms with Crippen molar-refractivity contribution in [1.82, 2.24) is 4.98 Å². The number of H-pyrrole nitrogens is 1. The number of hydrogen-bond acceptors (Lipinski definition) is 2. The molecule has 0 atom stereocenters. The van der Waals surface area contributed by atoms with Gasteiger partial charge in [0.05, 0.1) is 22.5 Å². The standard InChI is InChI=1S/C21H14ClFN2O/c22-14-6-11-17-18(12-14)25-21(26)19(17)20(13-4-2-1-3-5-13)24-16-9-7-15(23)8-10-16/h1-12,25-26H. The van der Waals surface area contributed by atoms with E-state index in [4.69, 9.17) is 11.6 Å². The zero-order valence-electron chi connectivity index (χ0n) is 13.6. The fraction of sp³-hybridized carbons (Fsp3) is 0. The summed E-state index contributed by atoms with van der Waals surface area (Å²) in [5.41, 5.74) is 3.30. The molecule has 0 aliphatic carbocycles. The maximum atomic E-state index is 13.2. The van der Waals surface area contributed by atoms with Crippen molar-refractivity contribution < 1.29 is 9.50 Å². The van der Waals surface area contributed by atoms with E-state index in [9.17, 15) is 9.50 Å². The van der Waals surface area contributed by atoms with E-state index in [1.54, 1.807) is 24.3 Å². The summed E-state index contributed by atoms with van der Waals surface area (Å²) in [7, 11) is 0. The summed E-state index contributed by atoms with van der Waals surface area (Å²) in [6.45, 7) is 0. The summed E-state index contributed by atoms with van der Waals surface area (Å²) in [5.74, 6) is -0.318. The van der Waals surface area contributed by atoms with Crippen LogP contribution in [-0.4, -0.2) is 15.8 Å². The van der Waals surface area contributed by atoms with Gasteiger partial charge >= 0.3 is 0 Å². The minimum Gasteiger partial charge on any atom is -0.494 e. The molecular weight excluding hydrogens is 351 g/mol. The summed E-state index contributed by atoms with van der Waals surface area (Å²) in [4.78, 5) is 7.63. The Labute approximate surface area is 154 Å². The Hall–Kier alpha value is -3.11. The van der Waals surface area contributed by atoms with Gasteiger partial charge in [0.2, 0.25) is 0 Å². The number of halogens is 2. The Bertz CT molecular complexity index is 1100. The quantitative estimate of drug-likeness (QED) is 0.441. The minimum atomic E-state index is -0.324. The molecule has 128 valence electrons. The number of benzene rings is 3. The molecule has 0 saturated carbocycles. The first-order valence-electron chi connectivity index (χ1n) is 8.02. The van der Waals surface area contributed by atoms with Gasteiger partial charge in [-0.3, -0.25) is 0 Å². The van der Waals surface area contributed by atoms with E-state index < -0.39 is 0 Å². The van der Waals surface area contributed by atoms with Crippen molar-refractivity contribution in [2.75, 3.05) is 0 Å². The van der Waals surface area contributed by atoms with Gasteiger partial charge in [-0.2, -0.15) is 0 Å². The second-order valence-corrected chi connectivity index (χ2v) is 6.28. The third kappa shape index (κ3) is 3.07. The Morgan fingerprint density at radius 2 is 1.69 bits per heavy atom. The molecular formula is C21H14ClFN2O. The first kappa shape index (κ1) is 16.4. The van der Waals surface area contributed by atoms with Crippen LogP contribution in [0.25, 0.3) is 10.9 Å². The fourth-order valence-electron chi connectivity index (χ4n) is 2.90. The predicted octanol–water partition coefficient (Wildman–Crippen LogP) is 5.84. The van der Waals surface area contributed by atoms with E-state index in [1.165, 1.54) is 12.1 Å². The lowest BCUT2D eigenvalue weighted by molar-refractivity contribution is 0.457. The maximum Gasteiger partial charge on any atom is 0.199 e. The number of rotatable bonds is 3. The van der Waals surface area contributed by atoms with Crippen LogP contribution in [0.5, 0.6) is 5.88 Å². The highest BCUT2D eigenvalue weighted by molar-refractivity contribution is 6.31. The molecule has 4 rings (SSSR count). The van der Waals surface area contributed by atoms with Crippen LogP contribution >= 0.6 is 11.6 Å². The summed E-state index contributed by atoms with van der Waals surface area (Å²) in [5, 5.41) is 11.9. The Kier molecular flexibility index (Phi) is 4.19. The van der Waals surface area contributed by atoms with Gasteiger partial charge < -0.3 is 10.1 Å². The average molecular weight is 365 g/mol. The highest BCUT2D eigenvalue weighted by Gasteiger charge is 2.18. The highest BCUT2D eigenvalue weighted by atomic mass is 35.5. The third-order valence-electron chi connectivity index (χ3n) is 4.09. The normalized spacial score (nSPS) is 11.8. The van der Waals surface area contributed by atoms with Crippen molar-refractivity contribution in [2.45, 2.75) is 0 Å². The van der Waals surface area contributed by atoms with Gasteiger partial charge in [-0.25, -0.2) is 9.38 Å². The number of aromatic nitrogens is 1. The van der Waals surface area contributed by atoms with Gasteiger partial charge in [0.25, 0.3) is 0 Å². The maximum absolute atomic E-state index is 13.2. The monoisotopic (exact) mass is 364 g/mol. The van der Waals surface area contributed by atoms with Crippen LogP contribution in [0.2, 0.25) is 5.02 Å². The molecule has 0 unspecified atom stereocenters. The van der Waals surface area contributed by atoms with Crippen molar-refractivity contribution in [3.63, 3.8) is 0 Å². The first-order chi connectivity index (χ1) is 12.6. The van der Waals surface area contributed by atoms with Crippen molar-refractivity contribution in [2.24, 2.45) is 4.99 Å². The molecule has 3 nitrogen and oxygen atoms in total. The van der Waals surface area contributed by atoms with E-state index in [2.05, 4.69) is 9.98 Å². The minimum absolute atomic E-state index is 0.00646. The third-order valence-corrected chi connectivity index (χ3v) is 4.33. The molecule has 0 amide bonds. The summed E-state index contributed by atoms with van der Waals surface area (Å²) >= 11 is 6.05. The summed E-state index contributed by atoms with van der Waals surface area (Å²) in [6.07, 6.45) is 0. The Morgan fingerprint density at radius 3 is 2.42 bits per heavy atom. The lowest BCUT2D eigenvalue weighted by Gasteiger charge is -2.08. The number of fused-ring (bicyclic) bond motifs is 1. The van der Waals surface area contributed by atoms with E-state index in [0.29, 0.717) is 27.5 Å². The molecule has 0 fully saturated rings. The number of nitrogens with zero attached hydrogens (tertiary/aromatic N) is 1. The number of aromatic amines is 1. The lowest BCUT2D eigenvalue weighted by atomic mass is 10.0. The van der Waals surface area contributed by atoms with Gasteiger partial charge in [-0.05, 0) is 36.4 Å². The van der Waals surface area contributed by atoms with E-state index in [1.807, 2.05) is 36.4 Å². The van der Waals surface area contributed by atoms with Gasteiger partial charge in [-0.15, -0.1) is 0 Å². The molecule has 1 aromatic heterocycles. The molecule has 3 aromatic carbocycles. The zero-order chi connectivity index (χ0) is 18.1. The number of aromatic hydroxyl groups is 1. The van der Waals surface area contributed by atoms with Crippen LogP contribution in [0, 0.1) is 5.82 Å². The van der Waals surface area contributed by atoms with Crippen LogP contribution in [-0.2, 0) is 0 Å². The van der Waals surface area contributed by atoms with E-state index in [0.717, 1.165) is 10.9 Å².